The first-order valence-corrected chi connectivity index (χ1v) is 6.50. The summed E-state index contributed by atoms with van der Waals surface area (Å²) in [7, 11) is 1.99. The van der Waals surface area contributed by atoms with Gasteiger partial charge < -0.3 is 10.0 Å². The molecule has 19 heavy (non-hydrogen) atoms. The third-order valence-electron chi connectivity index (χ3n) is 4.64. The molecule has 0 spiro atoms. The Hall–Kier alpha value is -1.07. The Bertz CT molecular complexity index is 506. The number of piperidine rings is 1. The van der Waals surface area contributed by atoms with Crippen LogP contribution in [0.1, 0.15) is 31.2 Å². The fourth-order valence-electron chi connectivity index (χ4n) is 3.54. The summed E-state index contributed by atoms with van der Waals surface area (Å²) in [6.07, 6.45) is 2.63. The van der Waals surface area contributed by atoms with Crippen molar-refractivity contribution >= 4 is 0 Å². The van der Waals surface area contributed by atoms with Crippen LogP contribution < -0.4 is 0 Å². The average Bonchev–Trinajstić information content (AvgIpc) is 2.59. The van der Waals surface area contributed by atoms with Crippen LogP contribution in [0.15, 0.2) is 12.1 Å². The lowest BCUT2D eigenvalue weighted by molar-refractivity contribution is -0.0518. The molecule has 2 aliphatic rings. The van der Waals surface area contributed by atoms with Gasteiger partial charge in [0.25, 0.3) is 0 Å². The maximum Gasteiger partial charge on any atom is 0.161 e. The molecule has 1 N–H and O–H groups in total. The van der Waals surface area contributed by atoms with Crippen molar-refractivity contribution in [3.05, 3.63) is 35.1 Å². The van der Waals surface area contributed by atoms with Crippen LogP contribution in [0.25, 0.3) is 0 Å². The van der Waals surface area contributed by atoms with Gasteiger partial charge in [0, 0.05) is 23.7 Å². The number of nitrogens with zero attached hydrogens (tertiary/aromatic N) is 1. The molecule has 0 amide bonds. The molecule has 2 bridgehead atoms. The number of rotatable bonds is 1. The van der Waals surface area contributed by atoms with Crippen molar-refractivity contribution in [3.8, 4) is 0 Å². The molecule has 2 heterocycles. The van der Waals surface area contributed by atoms with Gasteiger partial charge in [-0.15, -0.1) is 0 Å². The van der Waals surface area contributed by atoms with Gasteiger partial charge in [-0.1, -0.05) is 0 Å². The van der Waals surface area contributed by atoms with Crippen molar-refractivity contribution in [1.29, 1.82) is 0 Å². The van der Waals surface area contributed by atoms with E-state index in [0.717, 1.165) is 18.9 Å². The number of halogens is 3. The second-order valence-corrected chi connectivity index (χ2v) is 5.74. The zero-order valence-electron chi connectivity index (χ0n) is 10.7. The van der Waals surface area contributed by atoms with Gasteiger partial charge in [0.1, 0.15) is 5.82 Å². The van der Waals surface area contributed by atoms with E-state index in [0.29, 0.717) is 18.9 Å². The van der Waals surface area contributed by atoms with Gasteiger partial charge in [-0.3, -0.25) is 0 Å². The predicted octanol–water partition coefficient (Wildman–Crippen LogP) is 2.55. The van der Waals surface area contributed by atoms with Gasteiger partial charge in [-0.2, -0.15) is 0 Å². The van der Waals surface area contributed by atoms with E-state index in [1.807, 2.05) is 7.05 Å². The first kappa shape index (κ1) is 12.9. The van der Waals surface area contributed by atoms with E-state index >= 15 is 0 Å². The summed E-state index contributed by atoms with van der Waals surface area (Å²) in [5.41, 5.74) is -1.51. The van der Waals surface area contributed by atoms with Crippen LogP contribution in [0.4, 0.5) is 13.2 Å². The predicted molar refractivity (Wildman–Crippen MR) is 64.0 cm³/mol. The Kier molecular flexibility index (Phi) is 2.87. The number of benzene rings is 1. The molecule has 2 fully saturated rings. The summed E-state index contributed by atoms with van der Waals surface area (Å²) in [6, 6.07) is 1.67. The molecule has 2 atom stereocenters. The van der Waals surface area contributed by atoms with Gasteiger partial charge in [-0.25, -0.2) is 13.2 Å². The molecule has 2 aliphatic heterocycles. The summed E-state index contributed by atoms with van der Waals surface area (Å²) < 4.78 is 40.1. The molecule has 0 radical (unpaired) electrons. The lowest BCUT2D eigenvalue weighted by atomic mass is 9.80. The van der Waals surface area contributed by atoms with Crippen molar-refractivity contribution in [2.24, 2.45) is 0 Å². The molecule has 3 rings (SSSR count). The van der Waals surface area contributed by atoms with Crippen molar-refractivity contribution in [2.45, 2.75) is 43.4 Å². The zero-order chi connectivity index (χ0) is 13.8. The third kappa shape index (κ3) is 1.96. The number of hydrogen-bond acceptors (Lipinski definition) is 2. The quantitative estimate of drug-likeness (QED) is 0.793. The van der Waals surface area contributed by atoms with Crippen LogP contribution in [0, 0.1) is 17.5 Å². The molecule has 1 aromatic rings. The average molecular weight is 271 g/mol. The van der Waals surface area contributed by atoms with Gasteiger partial charge in [-0.05, 0) is 38.8 Å². The van der Waals surface area contributed by atoms with Crippen molar-refractivity contribution in [3.63, 3.8) is 0 Å². The van der Waals surface area contributed by atoms with E-state index in [9.17, 15) is 18.3 Å². The van der Waals surface area contributed by atoms with Crippen molar-refractivity contribution < 1.29 is 18.3 Å². The third-order valence-corrected chi connectivity index (χ3v) is 4.64. The first-order chi connectivity index (χ1) is 8.90. The minimum Gasteiger partial charge on any atom is -0.385 e. The molecular weight excluding hydrogens is 255 g/mol. The topological polar surface area (TPSA) is 23.5 Å². The normalized spacial score (nSPS) is 34.8. The largest absolute Gasteiger partial charge is 0.385 e. The molecule has 0 aliphatic carbocycles. The molecule has 2 unspecified atom stereocenters. The SMILES string of the molecule is CN1C2CCC1CC(O)(c1cc(F)c(F)cc1F)C2. The number of aliphatic hydroxyl groups is 1. The molecule has 2 nitrogen and oxygen atoms in total. The Labute approximate surface area is 109 Å². The maximum absolute atomic E-state index is 13.9. The van der Waals surface area contributed by atoms with E-state index in [4.69, 9.17) is 0 Å². The molecule has 104 valence electrons. The van der Waals surface area contributed by atoms with Gasteiger partial charge in [0.2, 0.25) is 0 Å². The second-order valence-electron chi connectivity index (χ2n) is 5.74. The lowest BCUT2D eigenvalue weighted by Gasteiger charge is -2.42. The number of fused-ring (bicyclic) bond motifs is 2. The maximum atomic E-state index is 13.9. The fraction of sp³-hybridized carbons (Fsp3) is 0.571. The molecule has 5 heteroatoms. The van der Waals surface area contributed by atoms with Gasteiger partial charge in [0.05, 0.1) is 5.60 Å². The van der Waals surface area contributed by atoms with E-state index in [1.54, 1.807) is 0 Å². The standard InChI is InChI=1S/C14H16F3NO/c1-18-8-2-3-9(18)7-14(19,6-8)10-4-12(16)13(17)5-11(10)15/h4-5,8-9,19H,2-3,6-7H2,1H3. The summed E-state index contributed by atoms with van der Waals surface area (Å²) in [4.78, 5) is 2.19. The highest BCUT2D eigenvalue weighted by atomic mass is 19.2. The van der Waals surface area contributed by atoms with Crippen LogP contribution in [-0.4, -0.2) is 29.1 Å². The molecule has 0 aromatic heterocycles. The van der Waals surface area contributed by atoms with E-state index < -0.39 is 23.1 Å². The minimum atomic E-state index is -1.39. The van der Waals surface area contributed by atoms with Gasteiger partial charge >= 0.3 is 0 Å². The first-order valence-electron chi connectivity index (χ1n) is 6.50. The Morgan fingerprint density at radius 1 is 1.05 bits per heavy atom. The monoisotopic (exact) mass is 271 g/mol. The Morgan fingerprint density at radius 3 is 2.16 bits per heavy atom. The van der Waals surface area contributed by atoms with Crippen LogP contribution in [0.5, 0.6) is 0 Å². The smallest absolute Gasteiger partial charge is 0.161 e. The van der Waals surface area contributed by atoms with E-state index in [-0.39, 0.29) is 17.6 Å². The van der Waals surface area contributed by atoms with Crippen molar-refractivity contribution in [2.75, 3.05) is 7.05 Å². The number of hydrogen-bond donors (Lipinski definition) is 1. The second kappa shape index (κ2) is 4.21. The highest BCUT2D eigenvalue weighted by Crippen LogP contribution is 2.45. The Morgan fingerprint density at radius 2 is 1.58 bits per heavy atom. The molecule has 2 saturated heterocycles. The highest BCUT2D eigenvalue weighted by molar-refractivity contribution is 5.28. The molecular formula is C14H16F3NO. The van der Waals surface area contributed by atoms with Crippen LogP contribution >= 0.6 is 0 Å². The van der Waals surface area contributed by atoms with E-state index in [1.165, 1.54) is 0 Å². The fourth-order valence-corrected chi connectivity index (χ4v) is 3.54. The summed E-state index contributed by atoms with van der Waals surface area (Å²) >= 11 is 0. The summed E-state index contributed by atoms with van der Waals surface area (Å²) in [5, 5.41) is 10.7. The van der Waals surface area contributed by atoms with Crippen LogP contribution in [-0.2, 0) is 5.60 Å². The van der Waals surface area contributed by atoms with Gasteiger partial charge in [0.15, 0.2) is 11.6 Å². The Balaban J connectivity index is 2.00. The van der Waals surface area contributed by atoms with E-state index in [2.05, 4.69) is 4.90 Å². The van der Waals surface area contributed by atoms with Crippen LogP contribution in [0.2, 0.25) is 0 Å². The zero-order valence-corrected chi connectivity index (χ0v) is 10.7. The minimum absolute atomic E-state index is 0.114. The lowest BCUT2D eigenvalue weighted by Crippen LogP contribution is -2.48. The van der Waals surface area contributed by atoms with Crippen LogP contribution in [0.3, 0.4) is 0 Å². The summed E-state index contributed by atoms with van der Waals surface area (Å²) in [5.74, 6) is -3.21. The molecule has 1 aromatic carbocycles. The molecule has 0 saturated carbocycles. The summed E-state index contributed by atoms with van der Waals surface area (Å²) in [6.45, 7) is 0. The van der Waals surface area contributed by atoms with Crippen molar-refractivity contribution in [1.82, 2.24) is 4.90 Å². The highest BCUT2D eigenvalue weighted by Gasteiger charge is 2.48.